The first-order valence-electron chi connectivity index (χ1n) is 11.8. The second-order valence-electron chi connectivity index (χ2n) is 9.24. The summed E-state index contributed by atoms with van der Waals surface area (Å²) in [6.45, 7) is 1.65. The number of hydrogen-bond donors (Lipinski definition) is 3. The van der Waals surface area contributed by atoms with E-state index < -0.39 is 0 Å². The molecule has 1 aromatic carbocycles. The molecular weight excluding hydrogens is 463 g/mol. The van der Waals surface area contributed by atoms with Gasteiger partial charge in [-0.05, 0) is 29.3 Å². The Morgan fingerprint density at radius 1 is 1.06 bits per heavy atom. The van der Waals surface area contributed by atoms with Crippen LogP contribution in [0.2, 0.25) is 0 Å². The quantitative estimate of drug-likeness (QED) is 0.413. The Hall–Kier alpha value is -4.31. The first-order chi connectivity index (χ1) is 17.6. The van der Waals surface area contributed by atoms with Crippen LogP contribution in [0.25, 0.3) is 16.9 Å². The maximum absolute atomic E-state index is 13.6. The number of halogens is 1. The standard InChI is InChI=1S/C26H21FN6O3/c27-13-5-6-33-21(10-28-23(33)7-13)15-1-3-19(24-16(15)8-29-26(24)35)31-22-4-2-14-17-11-36-12-18(17)25(34)30-9-20(14)32-22/h1-7,10,17-18H,8-9,11-12H2,(H,29,35)(H,30,34)(H,31,32)/t17-,18+/m0/s1. The van der Waals surface area contributed by atoms with Crippen molar-refractivity contribution < 1.29 is 18.7 Å². The lowest BCUT2D eigenvalue weighted by molar-refractivity contribution is -0.125. The van der Waals surface area contributed by atoms with E-state index in [1.165, 1.54) is 12.1 Å². The zero-order chi connectivity index (χ0) is 24.4. The van der Waals surface area contributed by atoms with Gasteiger partial charge in [-0.3, -0.25) is 14.0 Å². The Morgan fingerprint density at radius 2 is 1.94 bits per heavy atom. The molecule has 0 bridgehead atoms. The molecule has 2 amide bonds. The van der Waals surface area contributed by atoms with Gasteiger partial charge >= 0.3 is 0 Å². The van der Waals surface area contributed by atoms with Crippen LogP contribution in [0.15, 0.2) is 48.8 Å². The van der Waals surface area contributed by atoms with E-state index in [9.17, 15) is 14.0 Å². The number of imidazole rings is 1. The Kier molecular flexibility index (Phi) is 4.58. The fourth-order valence-corrected chi connectivity index (χ4v) is 5.47. The van der Waals surface area contributed by atoms with Gasteiger partial charge in [0.15, 0.2) is 0 Å². The number of nitrogens with zero attached hydrogens (tertiary/aromatic N) is 3. The molecule has 9 nitrogen and oxygen atoms in total. The topological polar surface area (TPSA) is 110 Å². The van der Waals surface area contributed by atoms with E-state index >= 15 is 0 Å². The number of hydrogen-bond acceptors (Lipinski definition) is 6. The van der Waals surface area contributed by atoms with Gasteiger partial charge in [-0.2, -0.15) is 0 Å². The fourth-order valence-electron chi connectivity index (χ4n) is 5.47. The number of anilines is 2. The van der Waals surface area contributed by atoms with Gasteiger partial charge < -0.3 is 20.7 Å². The van der Waals surface area contributed by atoms with Crippen molar-refractivity contribution in [2.24, 2.45) is 5.92 Å². The van der Waals surface area contributed by atoms with Crippen molar-refractivity contribution in [1.82, 2.24) is 25.0 Å². The average Bonchev–Trinajstić information content (AvgIpc) is 3.60. The molecule has 10 heteroatoms. The Labute approximate surface area is 204 Å². The minimum Gasteiger partial charge on any atom is -0.380 e. The normalized spacial score (nSPS) is 20.4. The summed E-state index contributed by atoms with van der Waals surface area (Å²) >= 11 is 0. The number of benzene rings is 1. The lowest BCUT2D eigenvalue weighted by Crippen LogP contribution is -2.30. The second-order valence-corrected chi connectivity index (χ2v) is 9.24. The third kappa shape index (κ3) is 3.18. The third-order valence-corrected chi connectivity index (χ3v) is 7.24. The van der Waals surface area contributed by atoms with Gasteiger partial charge in [0, 0.05) is 30.3 Å². The molecule has 2 atom stereocenters. The van der Waals surface area contributed by atoms with Crippen molar-refractivity contribution in [2.45, 2.75) is 19.0 Å². The van der Waals surface area contributed by atoms with Gasteiger partial charge in [0.1, 0.15) is 17.3 Å². The summed E-state index contributed by atoms with van der Waals surface area (Å²) in [5, 5.41) is 9.16. The predicted molar refractivity (Wildman–Crippen MR) is 128 cm³/mol. The van der Waals surface area contributed by atoms with Crippen LogP contribution in [0, 0.1) is 11.7 Å². The van der Waals surface area contributed by atoms with Crippen LogP contribution < -0.4 is 16.0 Å². The summed E-state index contributed by atoms with van der Waals surface area (Å²) in [4.78, 5) is 34.4. The largest absolute Gasteiger partial charge is 0.380 e. The molecular formula is C26H21FN6O3. The second kappa shape index (κ2) is 7.85. The number of rotatable bonds is 3. The molecule has 3 aromatic heterocycles. The van der Waals surface area contributed by atoms with Crippen molar-refractivity contribution in [1.29, 1.82) is 0 Å². The maximum atomic E-state index is 13.6. The van der Waals surface area contributed by atoms with Gasteiger partial charge in [0.25, 0.3) is 5.91 Å². The summed E-state index contributed by atoms with van der Waals surface area (Å²) in [6.07, 6.45) is 3.32. The summed E-state index contributed by atoms with van der Waals surface area (Å²) in [7, 11) is 0. The van der Waals surface area contributed by atoms with E-state index in [4.69, 9.17) is 9.72 Å². The van der Waals surface area contributed by atoms with Crippen molar-refractivity contribution >= 4 is 29.0 Å². The van der Waals surface area contributed by atoms with E-state index in [1.807, 2.05) is 24.3 Å². The molecule has 0 unspecified atom stereocenters. The molecule has 0 spiro atoms. The van der Waals surface area contributed by atoms with Gasteiger partial charge in [-0.15, -0.1) is 0 Å². The highest BCUT2D eigenvalue weighted by molar-refractivity contribution is 6.06. The molecule has 36 heavy (non-hydrogen) atoms. The SMILES string of the molecule is O=C1NCc2c(-c3cnc4cc(F)ccn34)ccc(Nc3ccc4c(n3)CNC(=O)[C@@H]3COC[C@@H]43)c21. The predicted octanol–water partition coefficient (Wildman–Crippen LogP) is 2.88. The van der Waals surface area contributed by atoms with E-state index in [1.54, 1.807) is 16.8 Å². The molecule has 0 radical (unpaired) electrons. The Bertz CT molecular complexity index is 1580. The molecule has 1 saturated heterocycles. The van der Waals surface area contributed by atoms with Crippen LogP contribution >= 0.6 is 0 Å². The van der Waals surface area contributed by atoms with E-state index in [2.05, 4.69) is 20.9 Å². The van der Waals surface area contributed by atoms with Gasteiger partial charge in [-0.25, -0.2) is 14.4 Å². The van der Waals surface area contributed by atoms with Crippen molar-refractivity contribution in [3.8, 4) is 11.3 Å². The van der Waals surface area contributed by atoms with Gasteiger partial charge in [0.05, 0.1) is 54.5 Å². The highest BCUT2D eigenvalue weighted by Gasteiger charge is 2.38. The number of carbonyl (C=O) groups is 2. The number of carbonyl (C=O) groups excluding carboxylic acids is 2. The number of pyridine rings is 2. The third-order valence-electron chi connectivity index (χ3n) is 7.24. The Balaban J connectivity index is 1.26. The summed E-state index contributed by atoms with van der Waals surface area (Å²) in [6, 6.07) is 10.4. The minimum absolute atomic E-state index is 0.00249. The van der Waals surface area contributed by atoms with Crippen LogP contribution in [0.1, 0.15) is 33.1 Å². The number of nitrogens with one attached hydrogen (secondary N) is 3. The van der Waals surface area contributed by atoms with Crippen LogP contribution in [0.3, 0.4) is 0 Å². The van der Waals surface area contributed by atoms with Gasteiger partial charge in [0.2, 0.25) is 5.91 Å². The summed E-state index contributed by atoms with van der Waals surface area (Å²) < 4.78 is 21.0. The average molecular weight is 484 g/mol. The zero-order valence-electron chi connectivity index (χ0n) is 19.0. The molecule has 4 aromatic rings. The number of amides is 2. The molecule has 3 aliphatic heterocycles. The lowest BCUT2D eigenvalue weighted by atomic mass is 9.88. The molecule has 0 saturated carbocycles. The molecule has 1 fully saturated rings. The highest BCUT2D eigenvalue weighted by Crippen LogP contribution is 2.37. The van der Waals surface area contributed by atoms with Crippen molar-refractivity contribution in [2.75, 3.05) is 18.5 Å². The first-order valence-corrected chi connectivity index (χ1v) is 11.8. The number of aromatic nitrogens is 3. The van der Waals surface area contributed by atoms with Crippen molar-refractivity contribution in [3.63, 3.8) is 0 Å². The Morgan fingerprint density at radius 3 is 2.86 bits per heavy atom. The van der Waals surface area contributed by atoms with Crippen molar-refractivity contribution in [3.05, 3.63) is 77.0 Å². The molecule has 7 rings (SSSR count). The number of ether oxygens (including phenoxy) is 1. The lowest BCUT2D eigenvalue weighted by Gasteiger charge is -2.16. The smallest absolute Gasteiger partial charge is 0.254 e. The minimum atomic E-state index is -0.356. The molecule has 3 N–H and O–H groups in total. The fraction of sp³-hybridized carbons (Fsp3) is 0.231. The molecule has 3 aliphatic rings. The first kappa shape index (κ1) is 21.0. The molecule has 0 aliphatic carbocycles. The van der Waals surface area contributed by atoms with E-state index in [0.717, 1.165) is 28.1 Å². The van der Waals surface area contributed by atoms with Crippen LogP contribution in [0.4, 0.5) is 15.9 Å². The maximum Gasteiger partial charge on any atom is 0.254 e. The summed E-state index contributed by atoms with van der Waals surface area (Å²) in [5.74, 6) is -0.155. The zero-order valence-corrected chi connectivity index (χ0v) is 19.0. The van der Waals surface area contributed by atoms with E-state index in [0.29, 0.717) is 49.0 Å². The molecule has 180 valence electrons. The van der Waals surface area contributed by atoms with Crippen LogP contribution in [-0.2, 0) is 22.6 Å². The highest BCUT2D eigenvalue weighted by atomic mass is 19.1. The van der Waals surface area contributed by atoms with E-state index in [-0.39, 0.29) is 29.5 Å². The van der Waals surface area contributed by atoms with Crippen LogP contribution in [-0.4, -0.2) is 39.4 Å². The monoisotopic (exact) mass is 484 g/mol. The number of fused-ring (bicyclic) bond motifs is 5. The molecule has 6 heterocycles. The van der Waals surface area contributed by atoms with Crippen LogP contribution in [0.5, 0.6) is 0 Å². The van der Waals surface area contributed by atoms with Gasteiger partial charge in [-0.1, -0.05) is 12.1 Å². The summed E-state index contributed by atoms with van der Waals surface area (Å²) in [5.41, 5.74) is 5.94.